The minimum absolute atomic E-state index is 0.0318. The normalized spacial score (nSPS) is 17.9. The Kier molecular flexibility index (Phi) is 6.61. The Bertz CT molecular complexity index is 673. The van der Waals surface area contributed by atoms with Gasteiger partial charge in [-0.1, -0.05) is 47.1 Å². The minimum Gasteiger partial charge on any atom is -0.443 e. The topological polar surface area (TPSA) is 94.2 Å². The van der Waals surface area contributed by atoms with Crippen molar-refractivity contribution < 1.29 is 19.2 Å². The zero-order valence-electron chi connectivity index (χ0n) is 15.1. The highest BCUT2D eigenvalue weighted by Gasteiger charge is 2.34. The molecule has 1 unspecified atom stereocenters. The second-order valence-corrected chi connectivity index (χ2v) is 7.56. The number of nitrogens with two attached hydrogens (primary N) is 1. The first-order valence-electron chi connectivity index (χ1n) is 8.38. The number of carbonyl (C=O) groups excluding carboxylic acids is 2. The molecule has 0 fully saturated rings. The zero-order chi connectivity index (χ0) is 19.3. The fourth-order valence-corrected chi connectivity index (χ4v) is 2.63. The van der Waals surface area contributed by atoms with Crippen molar-refractivity contribution in [1.82, 2.24) is 4.90 Å². The van der Waals surface area contributed by atoms with Gasteiger partial charge in [0.05, 0.1) is 12.6 Å². The predicted octanol–water partition coefficient (Wildman–Crippen LogP) is 2.66. The Morgan fingerprint density at radius 2 is 2.04 bits per heavy atom. The standard InChI is InChI=1S/C18H24ClN3O4/c1-18(2,3)25-17(24)22(11-13-10-15(19)21-26-13)16(23)14(20)9-12-7-5-4-6-8-12/h4-8,13-14H,9-11,20H2,1-3H3/t13?,14-/m0/s1. The fourth-order valence-electron chi connectivity index (χ4n) is 2.42. The van der Waals surface area contributed by atoms with Crippen molar-refractivity contribution in [2.45, 2.75) is 51.4 Å². The Hall–Kier alpha value is -2.12. The van der Waals surface area contributed by atoms with Crippen LogP contribution in [0.4, 0.5) is 4.79 Å². The molecule has 0 bridgehead atoms. The number of benzene rings is 1. The first-order chi connectivity index (χ1) is 12.2. The summed E-state index contributed by atoms with van der Waals surface area (Å²) in [6.45, 7) is 5.15. The molecule has 2 N–H and O–H groups in total. The number of nitrogens with zero attached hydrogens (tertiary/aromatic N) is 2. The number of halogens is 1. The van der Waals surface area contributed by atoms with Gasteiger partial charge in [-0.3, -0.25) is 4.79 Å². The SMILES string of the molecule is CC(C)(C)OC(=O)N(CC1CC(Cl)=NO1)C(=O)[C@@H](N)Cc1ccccc1. The van der Waals surface area contributed by atoms with Gasteiger partial charge in [0.2, 0.25) is 5.91 Å². The number of oxime groups is 1. The van der Waals surface area contributed by atoms with Crippen LogP contribution in [-0.2, 0) is 20.8 Å². The third-order valence-corrected chi connectivity index (χ3v) is 3.80. The van der Waals surface area contributed by atoms with Gasteiger partial charge in [-0.05, 0) is 32.8 Å². The summed E-state index contributed by atoms with van der Waals surface area (Å²) >= 11 is 5.81. The maximum absolute atomic E-state index is 12.8. The second-order valence-electron chi connectivity index (χ2n) is 7.12. The molecule has 142 valence electrons. The van der Waals surface area contributed by atoms with Crippen LogP contribution in [0.2, 0.25) is 0 Å². The van der Waals surface area contributed by atoms with E-state index >= 15 is 0 Å². The average Bonchev–Trinajstić information content (AvgIpc) is 2.96. The highest BCUT2D eigenvalue weighted by molar-refractivity contribution is 6.65. The monoisotopic (exact) mass is 381 g/mol. The first-order valence-corrected chi connectivity index (χ1v) is 8.75. The molecule has 0 saturated carbocycles. The molecule has 2 amide bonds. The number of hydrogen-bond acceptors (Lipinski definition) is 6. The number of rotatable bonds is 5. The molecule has 1 heterocycles. The van der Waals surface area contributed by atoms with Crippen molar-refractivity contribution >= 4 is 28.8 Å². The van der Waals surface area contributed by atoms with E-state index in [-0.39, 0.29) is 6.54 Å². The van der Waals surface area contributed by atoms with E-state index in [1.807, 2.05) is 30.3 Å². The van der Waals surface area contributed by atoms with E-state index in [1.165, 1.54) is 0 Å². The van der Waals surface area contributed by atoms with E-state index in [9.17, 15) is 9.59 Å². The summed E-state index contributed by atoms with van der Waals surface area (Å²) < 4.78 is 5.34. The van der Waals surface area contributed by atoms with Gasteiger partial charge in [-0.2, -0.15) is 0 Å². The van der Waals surface area contributed by atoms with Crippen LogP contribution in [0.1, 0.15) is 32.8 Å². The molecule has 1 aliphatic rings. The quantitative estimate of drug-likeness (QED) is 0.846. The Balaban J connectivity index is 2.10. The summed E-state index contributed by atoms with van der Waals surface area (Å²) in [6.07, 6.45) is -0.649. The Morgan fingerprint density at radius 3 is 2.58 bits per heavy atom. The van der Waals surface area contributed by atoms with Gasteiger partial charge in [0.1, 0.15) is 10.8 Å². The van der Waals surface area contributed by atoms with Crippen LogP contribution >= 0.6 is 11.6 Å². The molecule has 1 aromatic rings. The van der Waals surface area contributed by atoms with Crippen LogP contribution in [0.3, 0.4) is 0 Å². The molecule has 2 rings (SSSR count). The largest absolute Gasteiger partial charge is 0.443 e. The van der Waals surface area contributed by atoms with Gasteiger partial charge in [-0.15, -0.1) is 0 Å². The summed E-state index contributed by atoms with van der Waals surface area (Å²) in [6, 6.07) is 8.47. The average molecular weight is 382 g/mol. The third-order valence-electron chi connectivity index (χ3n) is 3.58. The summed E-state index contributed by atoms with van der Waals surface area (Å²) in [7, 11) is 0. The molecule has 8 heteroatoms. The van der Waals surface area contributed by atoms with E-state index in [1.54, 1.807) is 20.8 Å². The predicted molar refractivity (Wildman–Crippen MR) is 98.8 cm³/mol. The molecule has 0 saturated heterocycles. The molecule has 0 aliphatic carbocycles. The molecule has 0 radical (unpaired) electrons. The van der Waals surface area contributed by atoms with Gasteiger partial charge >= 0.3 is 6.09 Å². The summed E-state index contributed by atoms with van der Waals surface area (Å²) in [5.74, 6) is -0.533. The van der Waals surface area contributed by atoms with Crippen LogP contribution in [0.15, 0.2) is 35.5 Å². The van der Waals surface area contributed by atoms with Gasteiger partial charge in [0.25, 0.3) is 0 Å². The molecule has 7 nitrogen and oxygen atoms in total. The molecule has 2 atom stereocenters. The highest BCUT2D eigenvalue weighted by Crippen LogP contribution is 2.17. The number of amides is 2. The highest BCUT2D eigenvalue weighted by atomic mass is 35.5. The van der Waals surface area contributed by atoms with Gasteiger partial charge in [0, 0.05) is 6.42 Å². The van der Waals surface area contributed by atoms with Crippen molar-refractivity contribution in [3.05, 3.63) is 35.9 Å². The second kappa shape index (κ2) is 8.51. The molecule has 1 aliphatic heterocycles. The summed E-state index contributed by atoms with van der Waals surface area (Å²) in [4.78, 5) is 31.5. The van der Waals surface area contributed by atoms with Crippen molar-refractivity contribution in [3.8, 4) is 0 Å². The number of carbonyl (C=O) groups is 2. The van der Waals surface area contributed by atoms with E-state index in [0.717, 1.165) is 10.5 Å². The third kappa shape index (κ3) is 6.00. The maximum Gasteiger partial charge on any atom is 0.417 e. The van der Waals surface area contributed by atoms with Crippen LogP contribution in [-0.4, -0.2) is 46.4 Å². The molecular formula is C18H24ClN3O4. The number of ether oxygens (including phenoxy) is 1. The lowest BCUT2D eigenvalue weighted by Gasteiger charge is -2.28. The van der Waals surface area contributed by atoms with E-state index in [2.05, 4.69) is 5.16 Å². The van der Waals surface area contributed by atoms with E-state index < -0.39 is 29.7 Å². The van der Waals surface area contributed by atoms with E-state index in [0.29, 0.717) is 18.0 Å². The summed E-state index contributed by atoms with van der Waals surface area (Å²) in [5.41, 5.74) is 6.22. The smallest absolute Gasteiger partial charge is 0.417 e. The lowest BCUT2D eigenvalue weighted by molar-refractivity contribution is -0.133. The molecule has 0 spiro atoms. The lowest BCUT2D eigenvalue weighted by atomic mass is 10.1. The minimum atomic E-state index is -0.886. The molecule has 26 heavy (non-hydrogen) atoms. The lowest BCUT2D eigenvalue weighted by Crippen LogP contribution is -2.51. The number of hydrogen-bond donors (Lipinski definition) is 1. The Morgan fingerprint density at radius 1 is 1.38 bits per heavy atom. The summed E-state index contributed by atoms with van der Waals surface area (Å²) in [5, 5.41) is 3.93. The van der Waals surface area contributed by atoms with Gasteiger partial charge in [-0.25, -0.2) is 9.69 Å². The van der Waals surface area contributed by atoms with Crippen molar-refractivity contribution in [2.24, 2.45) is 10.9 Å². The van der Waals surface area contributed by atoms with Crippen molar-refractivity contribution in [3.63, 3.8) is 0 Å². The maximum atomic E-state index is 12.8. The molecule has 1 aromatic carbocycles. The van der Waals surface area contributed by atoms with Crippen LogP contribution in [0.25, 0.3) is 0 Å². The number of imide groups is 1. The van der Waals surface area contributed by atoms with Crippen molar-refractivity contribution in [1.29, 1.82) is 0 Å². The fraction of sp³-hybridized carbons (Fsp3) is 0.500. The van der Waals surface area contributed by atoms with Gasteiger partial charge in [0.15, 0.2) is 6.10 Å². The van der Waals surface area contributed by atoms with Crippen LogP contribution < -0.4 is 5.73 Å². The van der Waals surface area contributed by atoms with Crippen LogP contribution in [0.5, 0.6) is 0 Å². The van der Waals surface area contributed by atoms with Gasteiger partial charge < -0.3 is 15.3 Å². The zero-order valence-corrected chi connectivity index (χ0v) is 15.9. The van der Waals surface area contributed by atoms with Crippen molar-refractivity contribution in [2.75, 3.05) is 6.54 Å². The first kappa shape index (κ1) is 20.2. The van der Waals surface area contributed by atoms with Crippen LogP contribution in [0, 0.1) is 0 Å². The van der Waals surface area contributed by atoms with E-state index in [4.69, 9.17) is 26.9 Å². The molecule has 0 aromatic heterocycles. The Labute approximate surface area is 158 Å². The molecular weight excluding hydrogens is 358 g/mol.